The molecule has 80 valence electrons. The number of hydrogen-bond acceptors (Lipinski definition) is 1. The Morgan fingerprint density at radius 1 is 1.00 bits per heavy atom. The Bertz CT molecular complexity index is 578. The summed E-state index contributed by atoms with van der Waals surface area (Å²) in [4.78, 5) is 0.258. The molecule has 2 aromatic carbocycles. The van der Waals surface area contributed by atoms with Crippen molar-refractivity contribution in [1.29, 1.82) is 0 Å². The van der Waals surface area contributed by atoms with Crippen LogP contribution in [-0.2, 0) is 0 Å². The van der Waals surface area contributed by atoms with Gasteiger partial charge in [0.05, 0.1) is 4.83 Å². The fraction of sp³-hybridized carbons (Fsp3) is 0.0769. The Labute approximate surface area is 111 Å². The molecule has 0 unspecified atom stereocenters. The van der Waals surface area contributed by atoms with Crippen molar-refractivity contribution in [1.82, 2.24) is 0 Å². The van der Waals surface area contributed by atoms with E-state index in [1.807, 2.05) is 6.07 Å². The summed E-state index contributed by atoms with van der Waals surface area (Å²) in [6, 6.07) is 12.6. The van der Waals surface area contributed by atoms with Gasteiger partial charge in [-0.2, -0.15) is 0 Å². The van der Waals surface area contributed by atoms with E-state index in [2.05, 4.69) is 62.2 Å². The smallest absolute Gasteiger partial charge is 0.0657 e. The lowest BCUT2D eigenvalue weighted by atomic mass is 10.1. The lowest BCUT2D eigenvalue weighted by Crippen LogP contribution is -1.91. The van der Waals surface area contributed by atoms with Crippen LogP contribution >= 0.6 is 31.9 Å². The number of benzene rings is 2. The molecule has 1 aliphatic rings. The maximum atomic E-state index is 5.92. The van der Waals surface area contributed by atoms with Crippen LogP contribution in [0.15, 0.2) is 40.9 Å². The van der Waals surface area contributed by atoms with Crippen molar-refractivity contribution >= 4 is 37.5 Å². The Morgan fingerprint density at radius 3 is 2.56 bits per heavy atom. The first-order valence-electron chi connectivity index (χ1n) is 5.01. The summed E-state index contributed by atoms with van der Waals surface area (Å²) in [5.41, 5.74) is 11.8. The molecule has 0 saturated heterocycles. The van der Waals surface area contributed by atoms with Gasteiger partial charge in [-0.15, -0.1) is 0 Å². The second kappa shape index (κ2) is 3.60. The minimum atomic E-state index is 0.258. The second-order valence-corrected chi connectivity index (χ2v) is 5.68. The van der Waals surface area contributed by atoms with E-state index >= 15 is 0 Å². The predicted molar refractivity (Wildman–Crippen MR) is 74.8 cm³/mol. The summed E-state index contributed by atoms with van der Waals surface area (Å²) >= 11 is 7.20. The Kier molecular flexibility index (Phi) is 2.33. The molecule has 2 N–H and O–H groups in total. The molecule has 0 heterocycles. The van der Waals surface area contributed by atoms with Gasteiger partial charge in [0, 0.05) is 10.2 Å². The zero-order valence-electron chi connectivity index (χ0n) is 8.37. The number of rotatable bonds is 0. The number of alkyl halides is 1. The first-order chi connectivity index (χ1) is 7.68. The Balaban J connectivity index is 2.34. The first kappa shape index (κ1) is 10.4. The van der Waals surface area contributed by atoms with E-state index in [0.717, 1.165) is 10.2 Å². The van der Waals surface area contributed by atoms with Crippen molar-refractivity contribution in [2.75, 3.05) is 5.73 Å². The average molecular weight is 339 g/mol. The van der Waals surface area contributed by atoms with Crippen molar-refractivity contribution in [3.8, 4) is 11.1 Å². The van der Waals surface area contributed by atoms with Crippen LogP contribution in [0.1, 0.15) is 16.0 Å². The van der Waals surface area contributed by atoms with Crippen LogP contribution < -0.4 is 5.73 Å². The molecule has 0 radical (unpaired) electrons. The van der Waals surface area contributed by atoms with Gasteiger partial charge >= 0.3 is 0 Å². The van der Waals surface area contributed by atoms with Gasteiger partial charge in [-0.05, 0) is 50.3 Å². The van der Waals surface area contributed by atoms with Gasteiger partial charge in [-0.25, -0.2) is 0 Å². The molecule has 2 aromatic rings. The summed E-state index contributed by atoms with van der Waals surface area (Å²) in [5.74, 6) is 0. The average Bonchev–Trinajstić information content (AvgIpc) is 2.55. The van der Waals surface area contributed by atoms with Crippen LogP contribution in [0.25, 0.3) is 11.1 Å². The highest BCUT2D eigenvalue weighted by atomic mass is 79.9. The van der Waals surface area contributed by atoms with Crippen LogP contribution in [0.5, 0.6) is 0 Å². The normalized spacial score (nSPS) is 17.0. The summed E-state index contributed by atoms with van der Waals surface area (Å²) in [5, 5.41) is 0. The molecule has 1 atom stereocenters. The quantitative estimate of drug-likeness (QED) is 0.555. The third-order valence-corrected chi connectivity index (χ3v) is 4.64. The van der Waals surface area contributed by atoms with Crippen molar-refractivity contribution in [3.63, 3.8) is 0 Å². The summed E-state index contributed by atoms with van der Waals surface area (Å²) < 4.78 is 0.961. The highest BCUT2D eigenvalue weighted by Gasteiger charge is 2.26. The lowest BCUT2D eigenvalue weighted by Gasteiger charge is -2.06. The van der Waals surface area contributed by atoms with Gasteiger partial charge in [0.25, 0.3) is 0 Å². The molecule has 3 rings (SSSR count). The maximum Gasteiger partial charge on any atom is 0.0657 e. The highest BCUT2D eigenvalue weighted by molar-refractivity contribution is 9.10. The van der Waals surface area contributed by atoms with E-state index in [4.69, 9.17) is 5.73 Å². The van der Waals surface area contributed by atoms with Gasteiger partial charge in [0.15, 0.2) is 0 Å². The van der Waals surface area contributed by atoms with Crippen molar-refractivity contribution in [2.45, 2.75) is 4.83 Å². The van der Waals surface area contributed by atoms with Gasteiger partial charge in [0.1, 0.15) is 0 Å². The van der Waals surface area contributed by atoms with Crippen LogP contribution in [0.4, 0.5) is 5.69 Å². The zero-order valence-corrected chi connectivity index (χ0v) is 11.5. The topological polar surface area (TPSA) is 26.0 Å². The number of anilines is 1. The molecule has 0 aromatic heterocycles. The molecule has 3 heteroatoms. The first-order valence-corrected chi connectivity index (χ1v) is 6.71. The summed E-state index contributed by atoms with van der Waals surface area (Å²) in [7, 11) is 0. The second-order valence-electron chi connectivity index (χ2n) is 3.91. The molecular weight excluding hydrogens is 330 g/mol. The van der Waals surface area contributed by atoms with E-state index < -0.39 is 0 Å². The lowest BCUT2D eigenvalue weighted by molar-refractivity contribution is 1.24. The maximum absolute atomic E-state index is 5.92. The standard InChI is InChI=1S/C13H9Br2N/c14-11-5-9-7-3-1-2-4-8(7)13(15)10(9)6-12(11)16/h1-6,13H,16H2/t13-/m0/s1. The van der Waals surface area contributed by atoms with Crippen LogP contribution in [0.3, 0.4) is 0 Å². The van der Waals surface area contributed by atoms with E-state index in [1.165, 1.54) is 22.3 Å². The molecule has 0 saturated carbocycles. The largest absolute Gasteiger partial charge is 0.398 e. The minimum Gasteiger partial charge on any atom is -0.398 e. The molecular formula is C13H9Br2N. The molecule has 0 amide bonds. The van der Waals surface area contributed by atoms with Gasteiger partial charge in [0.2, 0.25) is 0 Å². The Morgan fingerprint density at radius 2 is 1.75 bits per heavy atom. The van der Waals surface area contributed by atoms with Crippen LogP contribution in [0.2, 0.25) is 0 Å². The third-order valence-electron chi connectivity index (χ3n) is 2.97. The number of hydrogen-bond donors (Lipinski definition) is 1. The number of nitrogens with two attached hydrogens (primary N) is 1. The Hall–Kier alpha value is -0.800. The fourth-order valence-corrected chi connectivity index (χ4v) is 3.30. The summed E-state index contributed by atoms with van der Waals surface area (Å²) in [6.45, 7) is 0. The summed E-state index contributed by atoms with van der Waals surface area (Å²) in [6.07, 6.45) is 0. The van der Waals surface area contributed by atoms with Crippen molar-refractivity contribution < 1.29 is 0 Å². The number of fused-ring (bicyclic) bond motifs is 3. The third kappa shape index (κ3) is 1.35. The number of halogens is 2. The molecule has 16 heavy (non-hydrogen) atoms. The molecule has 0 fully saturated rings. The molecule has 0 spiro atoms. The minimum absolute atomic E-state index is 0.258. The van der Waals surface area contributed by atoms with E-state index in [0.29, 0.717) is 0 Å². The molecule has 1 aliphatic carbocycles. The number of nitrogen functional groups attached to an aromatic ring is 1. The van der Waals surface area contributed by atoms with Gasteiger partial charge in [-0.1, -0.05) is 40.2 Å². The molecule has 0 bridgehead atoms. The van der Waals surface area contributed by atoms with Gasteiger partial charge in [-0.3, -0.25) is 0 Å². The van der Waals surface area contributed by atoms with Gasteiger partial charge < -0.3 is 5.73 Å². The highest BCUT2D eigenvalue weighted by Crippen LogP contribution is 2.49. The van der Waals surface area contributed by atoms with E-state index in [1.54, 1.807) is 0 Å². The van der Waals surface area contributed by atoms with E-state index in [-0.39, 0.29) is 4.83 Å². The van der Waals surface area contributed by atoms with E-state index in [9.17, 15) is 0 Å². The SMILES string of the molecule is Nc1cc2c(cc1Br)-c1ccccc1[C@@H]2Br. The molecule has 1 nitrogen and oxygen atoms in total. The fourth-order valence-electron chi connectivity index (χ4n) is 2.18. The van der Waals surface area contributed by atoms with Crippen LogP contribution in [-0.4, -0.2) is 0 Å². The zero-order chi connectivity index (χ0) is 11.3. The monoisotopic (exact) mass is 337 g/mol. The van der Waals surface area contributed by atoms with Crippen molar-refractivity contribution in [2.24, 2.45) is 0 Å². The predicted octanol–water partition coefficient (Wildman–Crippen LogP) is 4.50. The van der Waals surface area contributed by atoms with Crippen LogP contribution in [0, 0.1) is 0 Å². The van der Waals surface area contributed by atoms with Crippen molar-refractivity contribution in [3.05, 3.63) is 52.0 Å². The molecule has 0 aliphatic heterocycles.